The predicted octanol–water partition coefficient (Wildman–Crippen LogP) is 4.30. The number of carbonyl (C=O) groups excluding carboxylic acids is 1. The minimum absolute atomic E-state index is 0.180. The molecular formula is C20H22ClN5O2S. The van der Waals surface area contributed by atoms with E-state index in [4.69, 9.17) is 16.3 Å². The summed E-state index contributed by atoms with van der Waals surface area (Å²) < 4.78 is 7.57. The van der Waals surface area contributed by atoms with Gasteiger partial charge in [-0.05, 0) is 42.3 Å². The van der Waals surface area contributed by atoms with E-state index in [1.54, 1.807) is 12.1 Å². The van der Waals surface area contributed by atoms with Crippen molar-refractivity contribution >= 4 is 35.1 Å². The molecule has 1 N–H and O–H groups in total. The van der Waals surface area contributed by atoms with E-state index in [1.165, 1.54) is 18.0 Å². The molecule has 0 atom stereocenters. The lowest BCUT2D eigenvalue weighted by Gasteiger charge is -2.09. The maximum Gasteiger partial charge on any atom is 0.236 e. The van der Waals surface area contributed by atoms with Crippen LogP contribution in [0.4, 0.5) is 5.82 Å². The van der Waals surface area contributed by atoms with Gasteiger partial charge in [0, 0.05) is 18.8 Å². The average Bonchev–Trinajstić information content (AvgIpc) is 3.07. The Kier molecular flexibility index (Phi) is 7.11. The van der Waals surface area contributed by atoms with Gasteiger partial charge in [0.1, 0.15) is 11.6 Å². The number of thioether (sulfide) groups is 1. The number of pyridine rings is 1. The molecule has 0 spiro atoms. The Labute approximate surface area is 178 Å². The topological polar surface area (TPSA) is 81.9 Å². The van der Waals surface area contributed by atoms with Crippen LogP contribution in [-0.4, -0.2) is 38.0 Å². The normalized spacial score (nSPS) is 10.9. The highest BCUT2D eigenvalue weighted by molar-refractivity contribution is 7.99. The zero-order valence-corrected chi connectivity index (χ0v) is 18.0. The van der Waals surface area contributed by atoms with Gasteiger partial charge in [-0.2, -0.15) is 0 Å². The number of anilines is 1. The highest BCUT2D eigenvalue weighted by atomic mass is 35.5. The van der Waals surface area contributed by atoms with E-state index in [9.17, 15) is 4.79 Å². The molecule has 9 heteroatoms. The molecular weight excluding hydrogens is 410 g/mol. The minimum Gasteiger partial charge on any atom is -0.493 e. The van der Waals surface area contributed by atoms with Crippen molar-refractivity contribution in [1.82, 2.24) is 19.7 Å². The van der Waals surface area contributed by atoms with Crippen LogP contribution >= 0.6 is 23.4 Å². The molecule has 152 valence electrons. The first-order chi connectivity index (χ1) is 13.9. The molecule has 0 fully saturated rings. The Hall–Kier alpha value is -2.58. The maximum atomic E-state index is 12.1. The third-order valence-electron chi connectivity index (χ3n) is 3.86. The first-order valence-electron chi connectivity index (χ1n) is 9.09. The minimum atomic E-state index is -0.180. The van der Waals surface area contributed by atoms with E-state index >= 15 is 0 Å². The lowest BCUT2D eigenvalue weighted by atomic mass is 10.2. The predicted molar refractivity (Wildman–Crippen MR) is 115 cm³/mol. The van der Waals surface area contributed by atoms with Gasteiger partial charge in [0.2, 0.25) is 5.91 Å². The van der Waals surface area contributed by atoms with Crippen molar-refractivity contribution in [3.05, 3.63) is 47.6 Å². The molecule has 0 bridgehead atoms. The van der Waals surface area contributed by atoms with Gasteiger partial charge in [-0.25, -0.2) is 4.98 Å². The summed E-state index contributed by atoms with van der Waals surface area (Å²) in [5.74, 6) is 2.49. The highest BCUT2D eigenvalue weighted by Gasteiger charge is 2.13. The summed E-state index contributed by atoms with van der Waals surface area (Å²) in [5, 5.41) is 12.3. The summed E-state index contributed by atoms with van der Waals surface area (Å²) in [6.07, 6.45) is 1.48. The third-order valence-corrected chi connectivity index (χ3v) is 5.10. The second kappa shape index (κ2) is 9.76. The van der Waals surface area contributed by atoms with Crippen molar-refractivity contribution in [3.63, 3.8) is 0 Å². The van der Waals surface area contributed by atoms with E-state index < -0.39 is 0 Å². The summed E-state index contributed by atoms with van der Waals surface area (Å²) in [4.78, 5) is 16.2. The lowest BCUT2D eigenvalue weighted by Crippen LogP contribution is -2.15. The molecule has 0 aliphatic carbocycles. The van der Waals surface area contributed by atoms with Crippen LogP contribution in [0, 0.1) is 5.92 Å². The molecule has 2 aromatic heterocycles. The van der Waals surface area contributed by atoms with Crippen LogP contribution in [0.2, 0.25) is 5.02 Å². The van der Waals surface area contributed by atoms with Crippen LogP contribution in [0.15, 0.2) is 47.8 Å². The lowest BCUT2D eigenvalue weighted by molar-refractivity contribution is -0.113. The fourth-order valence-corrected chi connectivity index (χ4v) is 3.24. The molecule has 0 aliphatic heterocycles. The SMILES string of the molecule is CC(C)COc1ccc(-c2nnc(SCC(=O)Nc3ccc(Cl)cn3)n2C)cc1. The molecule has 0 saturated carbocycles. The van der Waals surface area contributed by atoms with E-state index in [1.807, 2.05) is 35.9 Å². The quantitative estimate of drug-likeness (QED) is 0.535. The van der Waals surface area contributed by atoms with Crippen molar-refractivity contribution in [3.8, 4) is 17.1 Å². The third kappa shape index (κ3) is 5.95. The number of hydrogen-bond donors (Lipinski definition) is 1. The smallest absolute Gasteiger partial charge is 0.236 e. The van der Waals surface area contributed by atoms with Gasteiger partial charge in [-0.1, -0.05) is 37.2 Å². The number of benzene rings is 1. The Bertz CT molecular complexity index is 958. The number of aromatic nitrogens is 4. The molecule has 0 radical (unpaired) electrons. The zero-order valence-electron chi connectivity index (χ0n) is 16.4. The van der Waals surface area contributed by atoms with Gasteiger partial charge in [0.25, 0.3) is 0 Å². The Morgan fingerprint density at radius 1 is 1.21 bits per heavy atom. The number of nitrogens with zero attached hydrogens (tertiary/aromatic N) is 4. The van der Waals surface area contributed by atoms with Crippen molar-refractivity contribution in [1.29, 1.82) is 0 Å². The van der Waals surface area contributed by atoms with E-state index in [-0.39, 0.29) is 11.7 Å². The number of amides is 1. The van der Waals surface area contributed by atoms with Crippen LogP contribution in [0.5, 0.6) is 5.75 Å². The molecule has 29 heavy (non-hydrogen) atoms. The number of hydrogen-bond acceptors (Lipinski definition) is 6. The molecule has 3 aromatic rings. The fourth-order valence-electron chi connectivity index (χ4n) is 2.41. The summed E-state index contributed by atoms with van der Waals surface area (Å²) in [6, 6.07) is 11.1. The standard InChI is InChI=1S/C20H22ClN5O2S/c1-13(2)11-28-16-7-4-14(5-8-16)19-24-25-20(26(19)3)29-12-18(27)23-17-9-6-15(21)10-22-17/h4-10,13H,11-12H2,1-3H3,(H,22,23,27). The van der Waals surface area contributed by atoms with E-state index in [0.29, 0.717) is 28.5 Å². The van der Waals surface area contributed by atoms with Crippen molar-refractivity contribution in [2.24, 2.45) is 13.0 Å². The number of halogens is 1. The van der Waals surface area contributed by atoms with Gasteiger partial charge in [0.05, 0.1) is 17.4 Å². The molecule has 0 saturated heterocycles. The largest absolute Gasteiger partial charge is 0.493 e. The Balaban J connectivity index is 1.58. The van der Waals surface area contributed by atoms with Crippen molar-refractivity contribution < 1.29 is 9.53 Å². The molecule has 7 nitrogen and oxygen atoms in total. The Morgan fingerprint density at radius 3 is 2.62 bits per heavy atom. The van der Waals surface area contributed by atoms with E-state index in [0.717, 1.165) is 17.1 Å². The maximum absolute atomic E-state index is 12.1. The summed E-state index contributed by atoms with van der Waals surface area (Å²) in [7, 11) is 1.87. The number of rotatable bonds is 8. The average molecular weight is 432 g/mol. The summed E-state index contributed by atoms with van der Waals surface area (Å²) >= 11 is 7.10. The Morgan fingerprint density at radius 2 is 1.97 bits per heavy atom. The molecule has 2 heterocycles. The molecule has 0 unspecified atom stereocenters. The van der Waals surface area contributed by atoms with Crippen molar-refractivity contribution in [2.45, 2.75) is 19.0 Å². The van der Waals surface area contributed by atoms with Gasteiger partial charge >= 0.3 is 0 Å². The molecule has 1 amide bonds. The van der Waals surface area contributed by atoms with Crippen LogP contribution in [-0.2, 0) is 11.8 Å². The molecule has 1 aromatic carbocycles. The second-order valence-electron chi connectivity index (χ2n) is 6.79. The molecule has 0 aliphatic rings. The van der Waals surface area contributed by atoms with Gasteiger partial charge in [-0.3, -0.25) is 4.79 Å². The fraction of sp³-hybridized carbons (Fsp3) is 0.300. The number of carbonyl (C=O) groups is 1. The van der Waals surface area contributed by atoms with Crippen LogP contribution < -0.4 is 10.1 Å². The van der Waals surface area contributed by atoms with E-state index in [2.05, 4.69) is 34.3 Å². The van der Waals surface area contributed by atoms with Gasteiger partial charge in [0.15, 0.2) is 11.0 Å². The van der Waals surface area contributed by atoms with Gasteiger partial charge < -0.3 is 14.6 Å². The van der Waals surface area contributed by atoms with Crippen LogP contribution in [0.3, 0.4) is 0 Å². The monoisotopic (exact) mass is 431 g/mol. The highest BCUT2D eigenvalue weighted by Crippen LogP contribution is 2.25. The van der Waals surface area contributed by atoms with Crippen molar-refractivity contribution in [2.75, 3.05) is 17.7 Å². The first-order valence-corrected chi connectivity index (χ1v) is 10.5. The van der Waals surface area contributed by atoms with Crippen LogP contribution in [0.25, 0.3) is 11.4 Å². The number of ether oxygens (including phenoxy) is 1. The second-order valence-corrected chi connectivity index (χ2v) is 8.17. The van der Waals surface area contributed by atoms with Gasteiger partial charge in [-0.15, -0.1) is 10.2 Å². The summed E-state index contributed by atoms with van der Waals surface area (Å²) in [5.41, 5.74) is 0.929. The summed E-state index contributed by atoms with van der Waals surface area (Å²) in [6.45, 7) is 4.90. The van der Waals surface area contributed by atoms with Crippen LogP contribution in [0.1, 0.15) is 13.8 Å². The zero-order chi connectivity index (χ0) is 20.8. The molecule has 3 rings (SSSR count). The first kappa shape index (κ1) is 21.1. The number of nitrogens with one attached hydrogen (secondary N) is 1.